The third-order valence-electron chi connectivity index (χ3n) is 3.32. The van der Waals surface area contributed by atoms with Gasteiger partial charge >= 0.3 is 24.3 Å². The summed E-state index contributed by atoms with van der Waals surface area (Å²) in [5.41, 5.74) is 0. The maximum atomic E-state index is 12.8. The average Bonchev–Trinajstić information content (AvgIpc) is 2.45. The SMILES string of the molecule is CC(OCCCCCCOC(C(C(=O)O)C(=O)O)C(F)(F)F)C(F)(F)F. The molecule has 154 valence electrons. The fourth-order valence-electron chi connectivity index (χ4n) is 1.87. The van der Waals surface area contributed by atoms with E-state index >= 15 is 0 Å². The minimum atomic E-state index is -5.18. The molecule has 0 rings (SSSR count). The van der Waals surface area contributed by atoms with E-state index in [9.17, 15) is 35.9 Å². The summed E-state index contributed by atoms with van der Waals surface area (Å²) in [4.78, 5) is 21.4. The highest BCUT2D eigenvalue weighted by Crippen LogP contribution is 2.29. The molecule has 2 atom stereocenters. The van der Waals surface area contributed by atoms with Crippen molar-refractivity contribution >= 4 is 11.9 Å². The summed E-state index contributed by atoms with van der Waals surface area (Å²) in [6, 6.07) is 0. The van der Waals surface area contributed by atoms with E-state index in [-0.39, 0.29) is 19.4 Å². The maximum Gasteiger partial charge on any atom is 0.416 e. The minimum absolute atomic E-state index is 0.0490. The van der Waals surface area contributed by atoms with Crippen molar-refractivity contribution in [2.45, 2.75) is 57.2 Å². The lowest BCUT2D eigenvalue weighted by Crippen LogP contribution is -2.46. The molecule has 0 aliphatic rings. The number of rotatable bonds is 12. The van der Waals surface area contributed by atoms with Crippen LogP contribution in [0.25, 0.3) is 0 Å². The van der Waals surface area contributed by atoms with Gasteiger partial charge in [-0.05, 0) is 19.8 Å². The van der Waals surface area contributed by atoms with Crippen LogP contribution < -0.4 is 0 Å². The van der Waals surface area contributed by atoms with Crippen molar-refractivity contribution in [3.8, 4) is 0 Å². The second kappa shape index (κ2) is 10.6. The molecule has 2 N–H and O–H groups in total. The molecule has 26 heavy (non-hydrogen) atoms. The third-order valence-corrected chi connectivity index (χ3v) is 3.32. The van der Waals surface area contributed by atoms with Crippen molar-refractivity contribution in [2.75, 3.05) is 13.2 Å². The fraction of sp³-hybridized carbons (Fsp3) is 0.857. The summed E-state index contributed by atoms with van der Waals surface area (Å²) in [5, 5.41) is 17.2. The number of hydrogen-bond donors (Lipinski definition) is 2. The highest BCUT2D eigenvalue weighted by atomic mass is 19.4. The maximum absolute atomic E-state index is 12.8. The molecular formula is C14H20F6O6. The summed E-state index contributed by atoms with van der Waals surface area (Å²) in [5.74, 6) is -7.13. The molecule has 0 aromatic rings. The Bertz CT molecular complexity index is 436. The first-order chi connectivity index (χ1) is 11.8. The van der Waals surface area contributed by atoms with E-state index in [0.29, 0.717) is 12.8 Å². The van der Waals surface area contributed by atoms with Crippen LogP contribution in [0.15, 0.2) is 0 Å². The molecule has 0 aromatic heterocycles. The van der Waals surface area contributed by atoms with Gasteiger partial charge in [-0.3, -0.25) is 9.59 Å². The molecule has 2 unspecified atom stereocenters. The van der Waals surface area contributed by atoms with E-state index in [4.69, 9.17) is 10.2 Å². The minimum Gasteiger partial charge on any atom is -0.481 e. The normalized spacial score (nSPS) is 15.1. The van der Waals surface area contributed by atoms with Gasteiger partial charge in [-0.1, -0.05) is 12.8 Å². The Kier molecular flexibility index (Phi) is 9.92. The molecule has 0 spiro atoms. The van der Waals surface area contributed by atoms with Crippen LogP contribution in [0.5, 0.6) is 0 Å². The number of unbranched alkanes of at least 4 members (excludes halogenated alkanes) is 3. The average molecular weight is 398 g/mol. The molecule has 0 saturated carbocycles. The Labute approximate surface area is 145 Å². The summed E-state index contributed by atoms with van der Waals surface area (Å²) in [6.45, 7) is 0.139. The van der Waals surface area contributed by atoms with Gasteiger partial charge in [0.25, 0.3) is 0 Å². The van der Waals surface area contributed by atoms with Crippen molar-refractivity contribution in [2.24, 2.45) is 5.92 Å². The van der Waals surface area contributed by atoms with Crippen LogP contribution in [0.1, 0.15) is 32.6 Å². The molecular weight excluding hydrogens is 378 g/mol. The highest BCUT2D eigenvalue weighted by Gasteiger charge is 2.52. The van der Waals surface area contributed by atoms with Gasteiger partial charge in [-0.25, -0.2) is 0 Å². The smallest absolute Gasteiger partial charge is 0.416 e. The van der Waals surface area contributed by atoms with Gasteiger partial charge in [0.05, 0.1) is 0 Å². The lowest BCUT2D eigenvalue weighted by atomic mass is 10.0. The highest BCUT2D eigenvalue weighted by molar-refractivity contribution is 5.93. The summed E-state index contributed by atoms with van der Waals surface area (Å²) < 4.78 is 83.8. The van der Waals surface area contributed by atoms with E-state index in [2.05, 4.69) is 9.47 Å². The molecule has 12 heteroatoms. The zero-order valence-electron chi connectivity index (χ0n) is 13.8. The van der Waals surface area contributed by atoms with E-state index in [1.807, 2.05) is 0 Å². The Morgan fingerprint density at radius 1 is 0.808 bits per heavy atom. The Morgan fingerprint density at radius 2 is 1.23 bits per heavy atom. The molecule has 0 fully saturated rings. The van der Waals surface area contributed by atoms with Crippen LogP contribution in [0.3, 0.4) is 0 Å². The number of hydrogen-bond acceptors (Lipinski definition) is 4. The molecule has 0 aliphatic carbocycles. The Balaban J connectivity index is 4.19. The predicted octanol–water partition coefficient (Wildman–Crippen LogP) is 3.25. The molecule has 0 aromatic carbocycles. The number of ether oxygens (including phenoxy) is 2. The first kappa shape index (κ1) is 24.4. The van der Waals surface area contributed by atoms with E-state index in [1.165, 1.54) is 0 Å². The number of alkyl halides is 6. The van der Waals surface area contributed by atoms with Gasteiger partial charge < -0.3 is 19.7 Å². The van der Waals surface area contributed by atoms with Crippen molar-refractivity contribution in [1.29, 1.82) is 0 Å². The van der Waals surface area contributed by atoms with Crippen molar-refractivity contribution in [1.82, 2.24) is 0 Å². The molecule has 6 nitrogen and oxygen atoms in total. The zero-order chi connectivity index (χ0) is 20.5. The fourth-order valence-corrected chi connectivity index (χ4v) is 1.87. The third kappa shape index (κ3) is 9.22. The van der Waals surface area contributed by atoms with Crippen LogP contribution in [0, 0.1) is 5.92 Å². The van der Waals surface area contributed by atoms with Crippen LogP contribution in [0.2, 0.25) is 0 Å². The van der Waals surface area contributed by atoms with Gasteiger partial charge in [0.1, 0.15) is 0 Å². The van der Waals surface area contributed by atoms with Crippen LogP contribution in [0.4, 0.5) is 26.3 Å². The van der Waals surface area contributed by atoms with Crippen molar-refractivity contribution in [3.05, 3.63) is 0 Å². The number of carboxylic acids is 2. The number of aliphatic carboxylic acids is 2. The molecule has 0 heterocycles. The van der Waals surface area contributed by atoms with E-state index in [1.54, 1.807) is 0 Å². The quantitative estimate of drug-likeness (QED) is 0.298. The largest absolute Gasteiger partial charge is 0.481 e. The Hall–Kier alpha value is -1.56. The van der Waals surface area contributed by atoms with Gasteiger partial charge in [-0.15, -0.1) is 0 Å². The molecule has 0 amide bonds. The Morgan fingerprint density at radius 3 is 1.58 bits per heavy atom. The van der Waals surface area contributed by atoms with Crippen LogP contribution in [-0.2, 0) is 19.1 Å². The molecule has 0 saturated heterocycles. The van der Waals surface area contributed by atoms with Crippen LogP contribution in [-0.4, -0.2) is 59.9 Å². The summed E-state index contributed by atoms with van der Waals surface area (Å²) in [6.07, 6.45) is -13.6. The second-order valence-corrected chi connectivity index (χ2v) is 5.46. The van der Waals surface area contributed by atoms with E-state index < -0.39 is 49.0 Å². The molecule has 0 radical (unpaired) electrons. The standard InChI is InChI=1S/C14H20F6O6/c1-8(13(15,16)17)25-6-4-2-3-5-7-26-10(14(18,19)20)9(11(21)22)12(23)24/h8-10H,2-7H2,1H3,(H,21,22)(H,23,24). The summed E-state index contributed by atoms with van der Waals surface area (Å²) in [7, 11) is 0. The van der Waals surface area contributed by atoms with Crippen molar-refractivity contribution in [3.63, 3.8) is 0 Å². The lowest BCUT2D eigenvalue weighted by molar-refractivity contribution is -0.240. The summed E-state index contributed by atoms with van der Waals surface area (Å²) >= 11 is 0. The van der Waals surface area contributed by atoms with Gasteiger partial charge in [0, 0.05) is 13.2 Å². The number of carboxylic acid groups (broad SMARTS) is 2. The number of carbonyl (C=O) groups is 2. The molecule has 0 aliphatic heterocycles. The topological polar surface area (TPSA) is 93.1 Å². The molecule has 0 bridgehead atoms. The first-order valence-corrected chi connectivity index (χ1v) is 7.60. The van der Waals surface area contributed by atoms with Gasteiger partial charge in [0.15, 0.2) is 18.1 Å². The van der Waals surface area contributed by atoms with Crippen molar-refractivity contribution < 1.29 is 55.6 Å². The zero-order valence-corrected chi connectivity index (χ0v) is 13.8. The lowest BCUT2D eigenvalue weighted by Gasteiger charge is -2.24. The van der Waals surface area contributed by atoms with Gasteiger partial charge in [-0.2, -0.15) is 26.3 Å². The van der Waals surface area contributed by atoms with Crippen LogP contribution >= 0.6 is 0 Å². The predicted molar refractivity (Wildman–Crippen MR) is 74.5 cm³/mol. The first-order valence-electron chi connectivity index (χ1n) is 7.60. The van der Waals surface area contributed by atoms with E-state index in [0.717, 1.165) is 6.92 Å². The second-order valence-electron chi connectivity index (χ2n) is 5.46. The van der Waals surface area contributed by atoms with Gasteiger partial charge in [0.2, 0.25) is 0 Å². The number of halogens is 6. The monoisotopic (exact) mass is 398 g/mol.